The number of nitrogens with zero attached hydrogens (tertiary/aromatic N) is 1. The molecule has 0 spiro atoms. The molecule has 6 nitrogen and oxygen atoms in total. The molecule has 152 valence electrons. The van der Waals surface area contributed by atoms with E-state index in [1.54, 1.807) is 0 Å². The molecule has 1 atom stereocenters. The van der Waals surface area contributed by atoms with E-state index in [9.17, 15) is 9.59 Å². The summed E-state index contributed by atoms with van der Waals surface area (Å²) in [5, 5.41) is 3.04. The summed E-state index contributed by atoms with van der Waals surface area (Å²) in [6, 6.07) is 5.74. The number of ether oxygens (including phenoxy) is 2. The third-order valence-electron chi connectivity index (χ3n) is 6.32. The second-order valence-electron chi connectivity index (χ2n) is 8.49. The number of hydrogen-bond acceptors (Lipinski definition) is 4. The number of carbonyl (C=O) groups is 2. The van der Waals surface area contributed by atoms with Crippen molar-refractivity contribution in [3.63, 3.8) is 0 Å². The second-order valence-corrected chi connectivity index (χ2v) is 8.49. The fraction of sp³-hybridized carbons (Fsp3) is 0.636. The van der Waals surface area contributed by atoms with Crippen LogP contribution in [0.5, 0.6) is 11.5 Å². The van der Waals surface area contributed by atoms with Crippen LogP contribution >= 0.6 is 0 Å². The number of benzene rings is 1. The fourth-order valence-electron chi connectivity index (χ4n) is 4.63. The van der Waals surface area contributed by atoms with E-state index in [4.69, 9.17) is 9.47 Å². The van der Waals surface area contributed by atoms with Gasteiger partial charge in [0.1, 0.15) is 0 Å². The molecule has 6 heteroatoms. The van der Waals surface area contributed by atoms with Gasteiger partial charge in [0.25, 0.3) is 0 Å². The molecule has 2 fully saturated rings. The minimum Gasteiger partial charge on any atom is -0.454 e. The zero-order chi connectivity index (χ0) is 19.5. The Kier molecular flexibility index (Phi) is 5.74. The molecular formula is C22H30N2O4. The Hall–Kier alpha value is -2.24. The van der Waals surface area contributed by atoms with Crippen LogP contribution in [-0.2, 0) is 16.1 Å². The maximum atomic E-state index is 12.8. The lowest BCUT2D eigenvalue weighted by molar-refractivity contribution is -0.140. The number of likely N-dealkylation sites (tertiary alicyclic amines) is 1. The molecule has 1 aromatic rings. The van der Waals surface area contributed by atoms with E-state index < -0.39 is 0 Å². The third kappa shape index (κ3) is 4.26. The van der Waals surface area contributed by atoms with Crippen molar-refractivity contribution in [1.82, 2.24) is 10.2 Å². The van der Waals surface area contributed by atoms with Gasteiger partial charge in [0.2, 0.25) is 18.6 Å². The Bertz CT molecular complexity index is 727. The monoisotopic (exact) mass is 386 g/mol. The first-order valence-corrected chi connectivity index (χ1v) is 10.5. The van der Waals surface area contributed by atoms with E-state index in [-0.39, 0.29) is 24.5 Å². The number of nitrogens with one attached hydrogen (secondary N) is 1. The van der Waals surface area contributed by atoms with Gasteiger partial charge in [0.15, 0.2) is 11.5 Å². The first-order chi connectivity index (χ1) is 13.6. The van der Waals surface area contributed by atoms with Crippen molar-refractivity contribution in [1.29, 1.82) is 0 Å². The highest BCUT2D eigenvalue weighted by Crippen LogP contribution is 2.33. The lowest BCUT2D eigenvalue weighted by Crippen LogP contribution is -2.44. The molecule has 2 heterocycles. The topological polar surface area (TPSA) is 67.9 Å². The zero-order valence-corrected chi connectivity index (χ0v) is 16.6. The van der Waals surface area contributed by atoms with Crippen LogP contribution in [0.1, 0.15) is 51.0 Å². The van der Waals surface area contributed by atoms with Gasteiger partial charge in [-0.15, -0.1) is 0 Å². The van der Waals surface area contributed by atoms with Crippen LogP contribution in [0.15, 0.2) is 18.2 Å². The van der Waals surface area contributed by atoms with E-state index in [1.165, 1.54) is 6.42 Å². The van der Waals surface area contributed by atoms with Crippen molar-refractivity contribution in [3.05, 3.63) is 23.8 Å². The number of piperidine rings is 1. The molecule has 1 aromatic carbocycles. The van der Waals surface area contributed by atoms with Crippen LogP contribution in [0.4, 0.5) is 0 Å². The fourth-order valence-corrected chi connectivity index (χ4v) is 4.63. The molecule has 0 aromatic heterocycles. The van der Waals surface area contributed by atoms with Crippen LogP contribution < -0.4 is 14.8 Å². The second kappa shape index (κ2) is 8.41. The average molecular weight is 386 g/mol. The van der Waals surface area contributed by atoms with Gasteiger partial charge in [0.05, 0.1) is 0 Å². The normalized spacial score (nSPS) is 26.8. The molecule has 4 rings (SSSR count). The van der Waals surface area contributed by atoms with Gasteiger partial charge in [-0.25, -0.2) is 0 Å². The van der Waals surface area contributed by atoms with Gasteiger partial charge in [-0.2, -0.15) is 0 Å². The summed E-state index contributed by atoms with van der Waals surface area (Å²) in [5.41, 5.74) is 1.00. The number of amides is 2. The molecule has 1 unspecified atom stereocenters. The average Bonchev–Trinajstić information content (AvgIpc) is 3.19. The molecule has 1 saturated heterocycles. The Labute approximate surface area is 166 Å². The highest BCUT2D eigenvalue weighted by molar-refractivity contribution is 5.81. The number of rotatable bonds is 4. The van der Waals surface area contributed by atoms with Crippen LogP contribution in [0.2, 0.25) is 0 Å². The summed E-state index contributed by atoms with van der Waals surface area (Å²) in [4.78, 5) is 27.4. The van der Waals surface area contributed by atoms with Crippen molar-refractivity contribution in [2.24, 2.45) is 17.8 Å². The molecule has 0 radical (unpaired) electrons. The number of hydrogen-bond donors (Lipinski definition) is 1. The van der Waals surface area contributed by atoms with Gasteiger partial charge in [0, 0.05) is 31.5 Å². The van der Waals surface area contributed by atoms with Crippen LogP contribution in [0.3, 0.4) is 0 Å². The van der Waals surface area contributed by atoms with E-state index in [1.807, 2.05) is 18.2 Å². The Morgan fingerprint density at radius 2 is 1.82 bits per heavy atom. The first kappa shape index (κ1) is 19.1. The lowest BCUT2D eigenvalue weighted by atomic mass is 9.80. The van der Waals surface area contributed by atoms with E-state index in [0.717, 1.165) is 62.3 Å². The molecule has 1 aliphatic carbocycles. The van der Waals surface area contributed by atoms with Gasteiger partial charge in [-0.1, -0.05) is 13.0 Å². The SMILES string of the molecule is CC1CCCN(C(=O)C2CCC(C(=O)NCc3ccc4c(c3)OCO4)CC2)C1. The standard InChI is InChI=1S/C22H30N2O4/c1-15-3-2-10-24(13-15)22(26)18-7-5-17(6-8-18)21(25)23-12-16-4-9-19-20(11-16)28-14-27-19/h4,9,11,15,17-18H,2-3,5-8,10,12-14H2,1H3,(H,23,25). The maximum Gasteiger partial charge on any atom is 0.231 e. The van der Waals surface area contributed by atoms with Gasteiger partial charge >= 0.3 is 0 Å². The van der Waals surface area contributed by atoms with Crippen molar-refractivity contribution in [2.75, 3.05) is 19.9 Å². The maximum absolute atomic E-state index is 12.8. The molecule has 28 heavy (non-hydrogen) atoms. The van der Waals surface area contributed by atoms with Crippen LogP contribution in [0, 0.1) is 17.8 Å². The minimum atomic E-state index is 0.0124. The molecule has 2 amide bonds. The van der Waals surface area contributed by atoms with E-state index >= 15 is 0 Å². The lowest BCUT2D eigenvalue weighted by Gasteiger charge is -2.35. The predicted octanol–water partition coefficient (Wildman–Crippen LogP) is 3.10. The van der Waals surface area contributed by atoms with Crippen molar-refractivity contribution >= 4 is 11.8 Å². The van der Waals surface area contributed by atoms with Crippen molar-refractivity contribution < 1.29 is 19.1 Å². The zero-order valence-electron chi connectivity index (χ0n) is 16.6. The Balaban J connectivity index is 1.23. The van der Waals surface area contributed by atoms with Crippen molar-refractivity contribution in [3.8, 4) is 11.5 Å². The molecule has 2 aliphatic heterocycles. The van der Waals surface area contributed by atoms with Gasteiger partial charge in [-0.05, 0) is 62.1 Å². The Morgan fingerprint density at radius 3 is 2.61 bits per heavy atom. The summed E-state index contributed by atoms with van der Waals surface area (Å²) >= 11 is 0. The summed E-state index contributed by atoms with van der Waals surface area (Å²) in [5.74, 6) is 2.61. The Morgan fingerprint density at radius 1 is 1.07 bits per heavy atom. The number of fused-ring (bicyclic) bond motifs is 1. The minimum absolute atomic E-state index is 0.0124. The molecule has 0 bridgehead atoms. The highest BCUT2D eigenvalue weighted by Gasteiger charge is 2.33. The van der Waals surface area contributed by atoms with Crippen LogP contribution in [0.25, 0.3) is 0 Å². The molecule has 1 saturated carbocycles. The summed E-state index contributed by atoms with van der Waals surface area (Å²) < 4.78 is 10.7. The summed E-state index contributed by atoms with van der Waals surface area (Å²) in [6.07, 6.45) is 5.59. The van der Waals surface area contributed by atoms with Gasteiger partial charge < -0.3 is 19.7 Å². The molecule has 3 aliphatic rings. The first-order valence-electron chi connectivity index (χ1n) is 10.5. The molecule has 1 N–H and O–H groups in total. The summed E-state index contributed by atoms with van der Waals surface area (Å²) in [6.45, 7) is 4.76. The third-order valence-corrected chi connectivity index (χ3v) is 6.32. The van der Waals surface area contributed by atoms with Gasteiger partial charge in [-0.3, -0.25) is 9.59 Å². The smallest absolute Gasteiger partial charge is 0.231 e. The van der Waals surface area contributed by atoms with E-state index in [0.29, 0.717) is 18.4 Å². The van der Waals surface area contributed by atoms with Crippen LogP contribution in [-0.4, -0.2) is 36.6 Å². The highest BCUT2D eigenvalue weighted by atomic mass is 16.7. The summed E-state index contributed by atoms with van der Waals surface area (Å²) in [7, 11) is 0. The largest absolute Gasteiger partial charge is 0.454 e. The molecular weight excluding hydrogens is 356 g/mol. The van der Waals surface area contributed by atoms with Crippen molar-refractivity contribution in [2.45, 2.75) is 52.0 Å². The van der Waals surface area contributed by atoms with E-state index in [2.05, 4.69) is 17.1 Å². The predicted molar refractivity (Wildman–Crippen MR) is 105 cm³/mol. The number of carbonyl (C=O) groups excluding carboxylic acids is 2. The quantitative estimate of drug-likeness (QED) is 0.863.